The summed E-state index contributed by atoms with van der Waals surface area (Å²) in [7, 11) is 0. The molecule has 0 radical (unpaired) electrons. The summed E-state index contributed by atoms with van der Waals surface area (Å²) in [5.41, 5.74) is 6.27. The van der Waals surface area contributed by atoms with Gasteiger partial charge in [-0.25, -0.2) is 4.98 Å². The van der Waals surface area contributed by atoms with Crippen LogP contribution in [0.15, 0.2) is 83.3 Å². The predicted octanol–water partition coefficient (Wildman–Crippen LogP) is 8.58. The third-order valence-corrected chi connectivity index (χ3v) is 15.6. The predicted molar refractivity (Wildman–Crippen MR) is 278 cm³/mol. The second kappa shape index (κ2) is 21.2. The van der Waals surface area contributed by atoms with Crippen molar-refractivity contribution in [2.24, 2.45) is 10.4 Å². The largest absolute Gasteiger partial charge is 0.489 e. The Hall–Kier alpha value is -6.27. The molecule has 372 valence electrons. The molecule has 1 saturated heterocycles. The zero-order valence-corrected chi connectivity index (χ0v) is 43.8. The van der Waals surface area contributed by atoms with Crippen LogP contribution in [0.5, 0.6) is 5.75 Å². The van der Waals surface area contributed by atoms with Gasteiger partial charge in [0, 0.05) is 51.8 Å². The van der Waals surface area contributed by atoms with Gasteiger partial charge >= 0.3 is 0 Å². The number of pyridine rings is 1. The van der Waals surface area contributed by atoms with Gasteiger partial charge in [0.1, 0.15) is 40.4 Å². The Morgan fingerprint density at radius 1 is 0.930 bits per heavy atom. The second-order valence-corrected chi connectivity index (χ2v) is 22.1. The minimum Gasteiger partial charge on any atom is -0.489 e. The van der Waals surface area contributed by atoms with Gasteiger partial charge in [0.15, 0.2) is 5.82 Å². The molecule has 6 atom stereocenters. The number of thiophene rings is 2. The number of likely N-dealkylation sites (tertiary alicyclic amines) is 1. The van der Waals surface area contributed by atoms with Crippen LogP contribution in [0, 0.1) is 33.1 Å². The standard InChI is InChI=1S/C53H60ClN9O6S2/c1-28-21-23-70-46(28)36-12-10-34(11-13-36)31(4)57-50(67)42-24-38(64)27-62(42)51(68)47(53(7,8)9)59-49(66)40-19-18-39(26-56-40)69-29(2)20-22-55-43(65)25-41-48-61-60-33(6)63(48)52-44(30(3)32(5)71-52)45(58-41)35-14-16-37(54)17-15-35/h10-19,21,23,26,29,31,38,41-42,47,64H,20,22,24-25,27H2,1-9H3,(H,55,65)(H,57,67)(H,59,66)/t29?,31-,38+,41-,42-,47+/m0/s1. The summed E-state index contributed by atoms with van der Waals surface area (Å²) in [6, 6.07) is 17.9. The van der Waals surface area contributed by atoms with E-state index in [1.165, 1.54) is 27.6 Å². The molecule has 2 aliphatic heterocycles. The second-order valence-electron chi connectivity index (χ2n) is 19.5. The number of hydrogen-bond donors (Lipinski definition) is 4. The average Bonchev–Trinajstić information content (AvgIpc) is 4.10. The van der Waals surface area contributed by atoms with Gasteiger partial charge in [-0.1, -0.05) is 68.8 Å². The number of aliphatic hydroxyl groups is 1. The highest BCUT2D eigenvalue weighted by atomic mass is 35.5. The molecule has 2 aliphatic rings. The van der Waals surface area contributed by atoms with Gasteiger partial charge in [0.25, 0.3) is 5.91 Å². The smallest absolute Gasteiger partial charge is 0.270 e. The quantitative estimate of drug-likeness (QED) is 0.0780. The molecule has 8 rings (SSSR count). The molecule has 0 spiro atoms. The van der Waals surface area contributed by atoms with E-state index in [9.17, 15) is 24.3 Å². The van der Waals surface area contributed by atoms with Crippen molar-refractivity contribution in [3.63, 3.8) is 0 Å². The first-order valence-corrected chi connectivity index (χ1v) is 25.8. The molecular weight excluding hydrogens is 958 g/mol. The molecule has 6 aromatic rings. The normalized spacial score (nSPS) is 17.8. The van der Waals surface area contributed by atoms with Crippen LogP contribution < -0.4 is 20.7 Å². The monoisotopic (exact) mass is 1020 g/mol. The lowest BCUT2D eigenvalue weighted by molar-refractivity contribution is -0.142. The lowest BCUT2D eigenvalue weighted by Gasteiger charge is -2.35. The van der Waals surface area contributed by atoms with Crippen molar-refractivity contribution in [3.05, 3.63) is 133 Å². The number of aliphatic hydroxyl groups excluding tert-OH is 1. The Labute approximate surface area is 427 Å². The SMILES string of the molecule is Cc1ccsc1-c1ccc([C@H](C)NC(=O)[C@@H]2C[C@@H](O)CN2C(=O)[C@@H](NC(=O)c2ccc(OC(C)CCNC(=O)C[C@@H]3N=C(c4ccc(Cl)cc4)c4c(sc(C)c4C)-n4c(C)nnc43)cn2)C(C)(C)C)cc1. The molecule has 0 aliphatic carbocycles. The van der Waals surface area contributed by atoms with Gasteiger partial charge in [-0.15, -0.1) is 32.9 Å². The highest BCUT2D eigenvalue weighted by Crippen LogP contribution is 2.40. The van der Waals surface area contributed by atoms with E-state index in [1.54, 1.807) is 28.7 Å². The lowest BCUT2D eigenvalue weighted by Crippen LogP contribution is -2.58. The number of ether oxygens (including phenoxy) is 1. The molecule has 15 nitrogen and oxygen atoms in total. The number of carbonyl (C=O) groups excluding carboxylic acids is 4. The van der Waals surface area contributed by atoms with Crippen molar-refractivity contribution >= 4 is 63.6 Å². The highest BCUT2D eigenvalue weighted by molar-refractivity contribution is 7.15. The first-order valence-electron chi connectivity index (χ1n) is 23.8. The number of aryl methyl sites for hydroxylation is 3. The van der Waals surface area contributed by atoms with Crippen LogP contribution in [0.2, 0.25) is 5.02 Å². The summed E-state index contributed by atoms with van der Waals surface area (Å²) in [6.07, 6.45) is 0.803. The zero-order chi connectivity index (χ0) is 50.9. The molecular formula is C53H60ClN9O6S2. The molecule has 71 heavy (non-hydrogen) atoms. The van der Waals surface area contributed by atoms with Crippen LogP contribution >= 0.6 is 34.3 Å². The Morgan fingerprint density at radius 2 is 1.65 bits per heavy atom. The van der Waals surface area contributed by atoms with E-state index in [1.807, 2.05) is 94.6 Å². The molecule has 18 heteroatoms. The number of nitrogens with zero attached hydrogens (tertiary/aromatic N) is 6. The van der Waals surface area contributed by atoms with Gasteiger partial charge in [0.05, 0.1) is 36.6 Å². The lowest BCUT2D eigenvalue weighted by atomic mass is 9.85. The Kier molecular flexibility index (Phi) is 15.3. The molecule has 0 bridgehead atoms. The Balaban J connectivity index is 0.850. The third-order valence-electron chi connectivity index (χ3n) is 13.1. The summed E-state index contributed by atoms with van der Waals surface area (Å²) in [5.74, 6) is 0.0851. The molecule has 1 unspecified atom stereocenters. The molecule has 4 amide bonds. The summed E-state index contributed by atoms with van der Waals surface area (Å²) < 4.78 is 8.13. The van der Waals surface area contributed by atoms with E-state index in [2.05, 4.69) is 63.3 Å². The van der Waals surface area contributed by atoms with E-state index in [-0.39, 0.29) is 49.0 Å². The maximum absolute atomic E-state index is 14.3. The highest BCUT2D eigenvalue weighted by Gasteiger charge is 2.45. The van der Waals surface area contributed by atoms with Crippen LogP contribution in [-0.2, 0) is 14.4 Å². The summed E-state index contributed by atoms with van der Waals surface area (Å²) in [5, 5.41) is 32.2. The number of nitrogens with one attached hydrogen (secondary N) is 3. The summed E-state index contributed by atoms with van der Waals surface area (Å²) >= 11 is 9.59. The van der Waals surface area contributed by atoms with Crippen LogP contribution in [-0.4, -0.2) is 96.5 Å². The summed E-state index contributed by atoms with van der Waals surface area (Å²) in [4.78, 5) is 68.6. The van der Waals surface area contributed by atoms with Gasteiger partial charge in [0.2, 0.25) is 17.7 Å². The van der Waals surface area contributed by atoms with Gasteiger partial charge in [-0.05, 0) is 105 Å². The van der Waals surface area contributed by atoms with Gasteiger partial charge in [-0.2, -0.15) is 0 Å². The Morgan fingerprint density at radius 3 is 2.31 bits per heavy atom. The van der Waals surface area contributed by atoms with E-state index in [0.29, 0.717) is 35.4 Å². The third kappa shape index (κ3) is 11.3. The molecule has 4 aromatic heterocycles. The number of aromatic nitrogens is 4. The minimum absolute atomic E-state index is 0.0461. The average molecular weight is 1020 g/mol. The van der Waals surface area contributed by atoms with Gasteiger partial charge in [-0.3, -0.25) is 28.7 Å². The number of carbonyl (C=O) groups is 4. The van der Waals surface area contributed by atoms with Crippen LogP contribution in [0.3, 0.4) is 0 Å². The maximum atomic E-state index is 14.3. The first kappa shape index (κ1) is 51.1. The topological polar surface area (TPSA) is 193 Å². The van der Waals surface area contributed by atoms with Crippen LogP contribution in [0.1, 0.15) is 121 Å². The molecule has 6 heterocycles. The number of β-amino-alcohol motifs (C(OH)–C–C–N with tert-alkyl or cyclic N) is 1. The van der Waals surface area contributed by atoms with Crippen molar-refractivity contribution in [2.45, 2.75) is 118 Å². The minimum atomic E-state index is -1.04. The maximum Gasteiger partial charge on any atom is 0.270 e. The number of amides is 4. The van der Waals surface area contributed by atoms with E-state index in [4.69, 9.17) is 21.3 Å². The van der Waals surface area contributed by atoms with E-state index < -0.39 is 41.5 Å². The van der Waals surface area contributed by atoms with Crippen molar-refractivity contribution < 1.29 is 29.0 Å². The van der Waals surface area contributed by atoms with E-state index >= 15 is 0 Å². The van der Waals surface area contributed by atoms with Crippen molar-refractivity contribution in [1.29, 1.82) is 0 Å². The molecule has 2 aromatic carbocycles. The number of hydrogen-bond acceptors (Lipinski definition) is 12. The fourth-order valence-corrected chi connectivity index (χ4v) is 11.3. The fourth-order valence-electron chi connectivity index (χ4n) is 8.98. The van der Waals surface area contributed by atoms with Crippen LogP contribution in [0.25, 0.3) is 15.4 Å². The molecule has 0 saturated carbocycles. The number of benzene rings is 2. The summed E-state index contributed by atoms with van der Waals surface area (Å²) in [6.45, 7) is 17.7. The van der Waals surface area contributed by atoms with Gasteiger partial charge < -0.3 is 30.7 Å². The van der Waals surface area contributed by atoms with Crippen molar-refractivity contribution in [1.82, 2.24) is 40.6 Å². The Bertz CT molecular complexity index is 2960. The van der Waals surface area contributed by atoms with Crippen molar-refractivity contribution in [3.8, 4) is 21.2 Å². The van der Waals surface area contributed by atoms with Crippen molar-refractivity contribution in [2.75, 3.05) is 13.1 Å². The number of aliphatic imine (C=N–C) groups is 1. The van der Waals surface area contributed by atoms with E-state index in [0.717, 1.165) is 43.4 Å². The molecule has 1 fully saturated rings. The number of rotatable bonds is 15. The fraction of sp³-hybridized carbons (Fsp3) is 0.396. The first-order chi connectivity index (χ1) is 33.8. The zero-order valence-electron chi connectivity index (χ0n) is 41.4. The number of halogens is 1. The van der Waals surface area contributed by atoms with Crippen LogP contribution in [0.4, 0.5) is 0 Å². The molecule has 4 N–H and O–H groups in total. The number of fused-ring (bicyclic) bond motifs is 3.